The van der Waals surface area contributed by atoms with Crippen molar-refractivity contribution in [3.63, 3.8) is 0 Å². The molecule has 1 unspecified atom stereocenters. The molecule has 3 heteroatoms. The molecule has 0 amide bonds. The molecule has 0 heterocycles. The Hall–Kier alpha value is -0.120. The summed E-state index contributed by atoms with van der Waals surface area (Å²) in [5.74, 6) is 0. The third-order valence-corrected chi connectivity index (χ3v) is 2.19. The van der Waals surface area contributed by atoms with E-state index < -0.39 is 0 Å². The van der Waals surface area contributed by atoms with Gasteiger partial charge < -0.3 is 14.1 Å². The highest BCUT2D eigenvalue weighted by molar-refractivity contribution is 4.42. The number of hydrogen-bond donors (Lipinski definition) is 1. The summed E-state index contributed by atoms with van der Waals surface area (Å²) in [4.78, 5) is 0. The first-order chi connectivity index (χ1) is 5.63. The van der Waals surface area contributed by atoms with Gasteiger partial charge in [-0.3, -0.25) is 0 Å². The molecule has 0 aromatic rings. The van der Waals surface area contributed by atoms with E-state index in [4.69, 9.17) is 0 Å². The summed E-state index contributed by atoms with van der Waals surface area (Å²) in [6.45, 7) is 1.12. The molecule has 0 aromatic carbocycles. The monoisotopic (exact) mass is 190 g/mol. The Kier molecular flexibility index (Phi) is 4.36. The van der Waals surface area contributed by atoms with Gasteiger partial charge in [0.1, 0.15) is 0 Å². The number of hydrogen-bond acceptors (Lipinski definition) is 1. The van der Waals surface area contributed by atoms with Crippen LogP contribution in [0.25, 0.3) is 0 Å². The summed E-state index contributed by atoms with van der Waals surface area (Å²) in [5, 5.41) is 9.75. The average Bonchev–Trinajstić information content (AvgIpc) is 1.82. The van der Waals surface area contributed by atoms with Gasteiger partial charge in [0.15, 0.2) is 6.23 Å². The zero-order valence-electron chi connectivity index (χ0n) is 10.0. The van der Waals surface area contributed by atoms with Crippen molar-refractivity contribution in [1.29, 1.82) is 0 Å². The number of rotatable bonds is 5. The van der Waals surface area contributed by atoms with E-state index in [2.05, 4.69) is 21.1 Å². The van der Waals surface area contributed by atoms with Crippen molar-refractivity contribution in [1.82, 2.24) is 0 Å². The van der Waals surface area contributed by atoms with Crippen LogP contribution >= 0.6 is 0 Å². The first-order valence-corrected chi connectivity index (χ1v) is 4.92. The van der Waals surface area contributed by atoms with Crippen molar-refractivity contribution in [2.24, 2.45) is 0 Å². The van der Waals surface area contributed by atoms with Crippen LogP contribution in [0, 0.1) is 0 Å². The van der Waals surface area contributed by atoms with Crippen LogP contribution in [0.5, 0.6) is 0 Å². The minimum absolute atomic E-state index is 0.230. The van der Waals surface area contributed by atoms with Crippen molar-refractivity contribution >= 4 is 0 Å². The van der Waals surface area contributed by atoms with E-state index in [-0.39, 0.29) is 6.23 Å². The normalized spacial score (nSPS) is 15.9. The fraction of sp³-hybridized carbons (Fsp3) is 1.00. The highest BCUT2D eigenvalue weighted by atomic mass is 16.3. The van der Waals surface area contributed by atoms with Crippen LogP contribution in [0.1, 0.15) is 12.8 Å². The molecule has 0 bridgehead atoms. The Morgan fingerprint density at radius 2 is 1.46 bits per heavy atom. The highest BCUT2D eigenvalue weighted by Crippen LogP contribution is 2.07. The molecule has 0 aromatic heterocycles. The Balaban J connectivity index is 3.67. The fourth-order valence-corrected chi connectivity index (χ4v) is 1.14. The van der Waals surface area contributed by atoms with Gasteiger partial charge in [-0.1, -0.05) is 0 Å². The SMILES string of the molecule is C[N+](C)(C)CCCC(O)[N+](C)(C)C. The summed E-state index contributed by atoms with van der Waals surface area (Å²) >= 11 is 0. The van der Waals surface area contributed by atoms with Gasteiger partial charge in [0, 0.05) is 12.8 Å². The van der Waals surface area contributed by atoms with Crippen LogP contribution < -0.4 is 0 Å². The van der Waals surface area contributed by atoms with E-state index in [1.807, 2.05) is 21.1 Å². The molecule has 0 spiro atoms. The van der Waals surface area contributed by atoms with E-state index in [0.29, 0.717) is 4.48 Å². The van der Waals surface area contributed by atoms with Gasteiger partial charge in [0.05, 0.1) is 48.8 Å². The zero-order valence-corrected chi connectivity index (χ0v) is 10.0. The van der Waals surface area contributed by atoms with Gasteiger partial charge in [-0.25, -0.2) is 0 Å². The zero-order chi connectivity index (χ0) is 10.7. The van der Waals surface area contributed by atoms with Gasteiger partial charge in [-0.15, -0.1) is 0 Å². The predicted molar refractivity (Wildman–Crippen MR) is 56.2 cm³/mol. The summed E-state index contributed by atoms with van der Waals surface area (Å²) in [6.07, 6.45) is 1.74. The van der Waals surface area contributed by atoms with Crippen molar-refractivity contribution in [3.05, 3.63) is 0 Å². The molecule has 0 rings (SSSR count). The molecular formula is C10H26N2O+2. The molecule has 1 atom stereocenters. The lowest BCUT2D eigenvalue weighted by Gasteiger charge is -2.31. The van der Waals surface area contributed by atoms with Crippen molar-refractivity contribution in [2.45, 2.75) is 19.1 Å². The Morgan fingerprint density at radius 3 is 1.77 bits per heavy atom. The van der Waals surface area contributed by atoms with Gasteiger partial charge in [0.2, 0.25) is 0 Å². The maximum Gasteiger partial charge on any atom is 0.190 e. The summed E-state index contributed by atoms with van der Waals surface area (Å²) in [6, 6.07) is 0. The third-order valence-electron chi connectivity index (χ3n) is 2.19. The van der Waals surface area contributed by atoms with Crippen molar-refractivity contribution < 1.29 is 14.1 Å². The molecule has 0 saturated heterocycles. The minimum atomic E-state index is -0.230. The fourth-order valence-electron chi connectivity index (χ4n) is 1.14. The van der Waals surface area contributed by atoms with Gasteiger partial charge in [-0.2, -0.15) is 0 Å². The molecule has 0 fully saturated rings. The number of aliphatic hydroxyl groups is 1. The molecule has 3 nitrogen and oxygen atoms in total. The molecule has 1 N–H and O–H groups in total. The smallest absolute Gasteiger partial charge is 0.190 e. The summed E-state index contributed by atoms with van der Waals surface area (Å²) < 4.78 is 1.61. The van der Waals surface area contributed by atoms with E-state index in [0.717, 1.165) is 23.9 Å². The van der Waals surface area contributed by atoms with Crippen molar-refractivity contribution in [2.75, 3.05) is 48.8 Å². The maximum absolute atomic E-state index is 9.75. The lowest BCUT2D eigenvalue weighted by Crippen LogP contribution is -2.45. The standard InChI is InChI=1S/C10H26N2O/c1-11(2,3)9-7-8-10(13)12(4,5)6/h10,13H,7-9H2,1-6H3/q+2. The van der Waals surface area contributed by atoms with Crippen LogP contribution in [0.15, 0.2) is 0 Å². The molecule has 80 valence electrons. The molecule has 13 heavy (non-hydrogen) atoms. The van der Waals surface area contributed by atoms with Crippen LogP contribution in [0.4, 0.5) is 0 Å². The molecule has 0 aliphatic rings. The number of quaternary nitrogens is 2. The van der Waals surface area contributed by atoms with E-state index in [1.54, 1.807) is 0 Å². The maximum atomic E-state index is 9.75. The molecule has 0 saturated carbocycles. The first-order valence-electron chi connectivity index (χ1n) is 4.92. The molecule has 0 radical (unpaired) electrons. The van der Waals surface area contributed by atoms with Gasteiger partial charge in [-0.05, 0) is 0 Å². The van der Waals surface area contributed by atoms with Crippen LogP contribution in [-0.4, -0.2) is 69.1 Å². The van der Waals surface area contributed by atoms with Crippen molar-refractivity contribution in [3.8, 4) is 0 Å². The average molecular weight is 190 g/mol. The second-order valence-corrected chi connectivity index (χ2v) is 5.75. The Morgan fingerprint density at radius 1 is 1.00 bits per heavy atom. The lowest BCUT2D eigenvalue weighted by atomic mass is 10.2. The van der Waals surface area contributed by atoms with E-state index >= 15 is 0 Å². The Bertz CT molecular complexity index is 144. The third kappa shape index (κ3) is 6.99. The Labute approximate surface area is 82.8 Å². The second kappa shape index (κ2) is 4.40. The summed E-state index contributed by atoms with van der Waals surface area (Å²) in [5.41, 5.74) is 0. The van der Waals surface area contributed by atoms with Crippen LogP contribution in [-0.2, 0) is 0 Å². The van der Waals surface area contributed by atoms with Gasteiger partial charge >= 0.3 is 0 Å². The molecule has 0 aliphatic carbocycles. The molecular weight excluding hydrogens is 164 g/mol. The minimum Gasteiger partial charge on any atom is -0.345 e. The van der Waals surface area contributed by atoms with Crippen LogP contribution in [0.2, 0.25) is 0 Å². The predicted octanol–water partition coefficient (Wildman–Crippen LogP) is 0.497. The molecule has 0 aliphatic heterocycles. The van der Waals surface area contributed by atoms with Crippen LogP contribution in [0.3, 0.4) is 0 Å². The van der Waals surface area contributed by atoms with E-state index in [1.165, 1.54) is 0 Å². The van der Waals surface area contributed by atoms with Gasteiger partial charge in [0.25, 0.3) is 0 Å². The lowest BCUT2D eigenvalue weighted by molar-refractivity contribution is -0.920. The first kappa shape index (κ1) is 12.9. The largest absolute Gasteiger partial charge is 0.345 e. The van der Waals surface area contributed by atoms with E-state index in [9.17, 15) is 5.11 Å². The second-order valence-electron chi connectivity index (χ2n) is 5.75. The quantitative estimate of drug-likeness (QED) is 0.494. The topological polar surface area (TPSA) is 20.2 Å². The number of nitrogens with zero attached hydrogens (tertiary/aromatic N) is 2. The summed E-state index contributed by atoms with van der Waals surface area (Å²) in [7, 11) is 12.6. The highest BCUT2D eigenvalue weighted by Gasteiger charge is 2.20. The number of aliphatic hydroxyl groups excluding tert-OH is 1.